The van der Waals surface area contributed by atoms with Gasteiger partial charge in [-0.3, -0.25) is 9.69 Å². The number of carbonyl (C=O) groups is 1. The smallest absolute Gasteiger partial charge is 0.271 e. The lowest BCUT2D eigenvalue weighted by molar-refractivity contribution is 0.0255. The number of nitrogens with zero attached hydrogens (tertiary/aromatic N) is 2. The normalized spacial score (nSPS) is 22.9. The number of fused-ring (bicyclic) bond motifs is 3. The van der Waals surface area contributed by atoms with Crippen molar-refractivity contribution in [3.8, 4) is 0 Å². The Morgan fingerprint density at radius 3 is 2.47 bits per heavy atom. The van der Waals surface area contributed by atoms with Gasteiger partial charge in [0.2, 0.25) is 0 Å². The highest BCUT2D eigenvalue weighted by Gasteiger charge is 2.42. The van der Waals surface area contributed by atoms with Gasteiger partial charge in [-0.2, -0.15) is 0 Å². The Labute approximate surface area is 203 Å². The zero-order valence-electron chi connectivity index (χ0n) is 18.8. The third-order valence-electron chi connectivity index (χ3n) is 7.57. The summed E-state index contributed by atoms with van der Waals surface area (Å²) in [6.45, 7) is 3.36. The Kier molecular flexibility index (Phi) is 6.35. The molecule has 8 heteroatoms. The van der Waals surface area contributed by atoms with Crippen LogP contribution in [0.1, 0.15) is 46.8 Å². The molecule has 2 aromatic carbocycles. The number of hydrogen-bond donors (Lipinski definition) is 1. The predicted molar refractivity (Wildman–Crippen MR) is 128 cm³/mol. The van der Waals surface area contributed by atoms with Crippen molar-refractivity contribution in [2.45, 2.75) is 43.9 Å². The second-order valence-corrected chi connectivity index (χ2v) is 9.51. The Morgan fingerprint density at radius 1 is 1.06 bits per heavy atom. The van der Waals surface area contributed by atoms with Crippen LogP contribution in [0.4, 0.5) is 8.78 Å². The quantitative estimate of drug-likeness (QED) is 0.571. The molecule has 4 heterocycles. The molecule has 3 saturated heterocycles. The number of amides is 1. The number of rotatable bonds is 4. The van der Waals surface area contributed by atoms with E-state index in [2.05, 4.69) is 16.0 Å². The molecular formula is C26H28ClF2N3O2. The molecular weight excluding hydrogens is 460 g/mol. The van der Waals surface area contributed by atoms with Crippen LogP contribution >= 0.6 is 12.4 Å². The van der Waals surface area contributed by atoms with Crippen molar-refractivity contribution in [3.05, 3.63) is 70.9 Å². The van der Waals surface area contributed by atoms with Crippen molar-refractivity contribution in [3.63, 3.8) is 0 Å². The first-order valence-corrected chi connectivity index (χ1v) is 11.8. The van der Waals surface area contributed by atoms with Crippen LogP contribution in [-0.2, 0) is 11.3 Å². The molecule has 1 amide bonds. The van der Waals surface area contributed by atoms with Gasteiger partial charge in [0, 0.05) is 35.1 Å². The van der Waals surface area contributed by atoms with Gasteiger partial charge in [0.25, 0.3) is 5.91 Å². The number of para-hydroxylation sites is 1. The first-order valence-electron chi connectivity index (χ1n) is 11.8. The summed E-state index contributed by atoms with van der Waals surface area (Å²) in [4.78, 5) is 21.1. The second kappa shape index (κ2) is 9.29. The first-order chi connectivity index (χ1) is 16.1. The lowest BCUT2D eigenvalue weighted by atomic mass is 9.88. The fourth-order valence-electron chi connectivity index (χ4n) is 5.84. The zero-order chi connectivity index (χ0) is 22.5. The van der Waals surface area contributed by atoms with Crippen molar-refractivity contribution in [2.75, 3.05) is 26.2 Å². The van der Waals surface area contributed by atoms with E-state index in [-0.39, 0.29) is 41.9 Å². The lowest BCUT2D eigenvalue weighted by Gasteiger charge is -2.33. The van der Waals surface area contributed by atoms with Gasteiger partial charge in [-0.15, -0.1) is 12.4 Å². The van der Waals surface area contributed by atoms with Gasteiger partial charge < -0.3 is 14.6 Å². The van der Waals surface area contributed by atoms with E-state index in [0.29, 0.717) is 38.2 Å². The predicted octanol–water partition coefficient (Wildman–Crippen LogP) is 4.86. The molecule has 3 fully saturated rings. The summed E-state index contributed by atoms with van der Waals surface area (Å²) in [6, 6.07) is 12.3. The van der Waals surface area contributed by atoms with E-state index in [1.54, 1.807) is 0 Å². The highest BCUT2D eigenvalue weighted by Crippen LogP contribution is 2.35. The number of aromatic nitrogens is 1. The maximum absolute atomic E-state index is 14.3. The number of benzene rings is 2. The van der Waals surface area contributed by atoms with E-state index in [4.69, 9.17) is 4.74 Å². The van der Waals surface area contributed by atoms with Gasteiger partial charge >= 0.3 is 0 Å². The van der Waals surface area contributed by atoms with Crippen molar-refractivity contribution < 1.29 is 18.3 Å². The van der Waals surface area contributed by atoms with Crippen molar-refractivity contribution in [1.82, 2.24) is 14.8 Å². The molecule has 2 unspecified atom stereocenters. The van der Waals surface area contributed by atoms with Crippen LogP contribution in [0.2, 0.25) is 0 Å². The van der Waals surface area contributed by atoms with E-state index < -0.39 is 11.6 Å². The molecule has 0 radical (unpaired) electrons. The lowest BCUT2D eigenvalue weighted by Crippen LogP contribution is -2.42. The van der Waals surface area contributed by atoms with Gasteiger partial charge in [-0.05, 0) is 56.5 Å². The minimum Gasteiger partial charge on any atom is -0.374 e. The van der Waals surface area contributed by atoms with Crippen molar-refractivity contribution >= 4 is 29.2 Å². The number of halogens is 3. The molecule has 180 valence electrons. The Bertz CT molecular complexity index is 1190. The topological polar surface area (TPSA) is 48.6 Å². The second-order valence-electron chi connectivity index (χ2n) is 9.51. The molecule has 1 N–H and O–H groups in total. The maximum atomic E-state index is 14.3. The molecule has 0 spiro atoms. The summed E-state index contributed by atoms with van der Waals surface area (Å²) < 4.78 is 34.2. The molecule has 6 rings (SSSR count). The number of hydrogen-bond acceptors (Lipinski definition) is 3. The molecule has 2 atom stereocenters. The van der Waals surface area contributed by atoms with Gasteiger partial charge in [0.15, 0.2) is 0 Å². The van der Waals surface area contributed by atoms with Crippen LogP contribution in [0.5, 0.6) is 0 Å². The Morgan fingerprint density at radius 2 is 1.79 bits per heavy atom. The standard InChI is InChI=1S/C26H27F2N3O2.ClH/c27-21-5-3-6-22(28)24(21)16-8-10-30(11-9-16)14-20-19-4-1-2-7-23(19)29-25(20)26(32)31-13-18-12-17(31)15-33-18;/h1-7,16-18,29H,8-15H2;1H. The first kappa shape index (κ1) is 23.3. The van der Waals surface area contributed by atoms with Crippen LogP contribution in [0.15, 0.2) is 42.5 Å². The van der Waals surface area contributed by atoms with Crippen LogP contribution in [0.25, 0.3) is 10.9 Å². The summed E-state index contributed by atoms with van der Waals surface area (Å²) in [5.41, 5.74) is 2.84. The highest BCUT2D eigenvalue weighted by atomic mass is 35.5. The monoisotopic (exact) mass is 487 g/mol. The third-order valence-corrected chi connectivity index (χ3v) is 7.57. The highest BCUT2D eigenvalue weighted by molar-refractivity contribution is 6.01. The van der Waals surface area contributed by atoms with E-state index >= 15 is 0 Å². The minimum atomic E-state index is -0.457. The number of piperidine rings is 1. The summed E-state index contributed by atoms with van der Waals surface area (Å²) in [6.07, 6.45) is 2.46. The fraction of sp³-hybridized carbons (Fsp3) is 0.423. The molecule has 3 aromatic rings. The van der Waals surface area contributed by atoms with E-state index in [0.717, 1.165) is 36.0 Å². The molecule has 0 saturated carbocycles. The fourth-order valence-corrected chi connectivity index (χ4v) is 5.84. The number of ether oxygens (including phenoxy) is 1. The molecule has 3 aliphatic heterocycles. The number of nitrogens with one attached hydrogen (secondary N) is 1. The number of carbonyl (C=O) groups excluding carboxylic acids is 1. The van der Waals surface area contributed by atoms with Crippen LogP contribution in [0, 0.1) is 11.6 Å². The molecule has 3 aliphatic rings. The molecule has 0 aliphatic carbocycles. The van der Waals surface area contributed by atoms with Gasteiger partial charge in [0.05, 0.1) is 18.8 Å². The van der Waals surface area contributed by atoms with Gasteiger partial charge in [-0.25, -0.2) is 8.78 Å². The van der Waals surface area contributed by atoms with Crippen LogP contribution in [-0.4, -0.2) is 59.1 Å². The number of H-pyrrole nitrogens is 1. The van der Waals surface area contributed by atoms with E-state index in [1.807, 2.05) is 23.1 Å². The minimum absolute atomic E-state index is 0. The Balaban J connectivity index is 0.00000241. The van der Waals surface area contributed by atoms with E-state index in [1.165, 1.54) is 18.2 Å². The Hall–Kier alpha value is -2.48. The zero-order valence-corrected chi connectivity index (χ0v) is 19.6. The van der Waals surface area contributed by atoms with Crippen LogP contribution < -0.4 is 0 Å². The summed E-state index contributed by atoms with van der Waals surface area (Å²) in [7, 11) is 0. The van der Waals surface area contributed by atoms with Gasteiger partial charge in [-0.1, -0.05) is 24.3 Å². The average molecular weight is 488 g/mol. The van der Waals surface area contributed by atoms with Gasteiger partial charge in [0.1, 0.15) is 17.3 Å². The molecule has 2 bridgehead atoms. The molecule has 34 heavy (non-hydrogen) atoms. The van der Waals surface area contributed by atoms with Crippen molar-refractivity contribution in [2.24, 2.45) is 0 Å². The largest absolute Gasteiger partial charge is 0.374 e. The SMILES string of the molecule is Cl.O=C(c1[nH]c2ccccc2c1CN1CCC(c2c(F)cccc2F)CC1)N1CC2CC1CO2. The average Bonchev–Trinajstić information content (AvgIpc) is 3.55. The summed E-state index contributed by atoms with van der Waals surface area (Å²) in [5.74, 6) is -0.990. The number of likely N-dealkylation sites (tertiary alicyclic amines) is 2. The maximum Gasteiger partial charge on any atom is 0.271 e. The van der Waals surface area contributed by atoms with Crippen molar-refractivity contribution in [1.29, 1.82) is 0 Å². The molecule has 1 aromatic heterocycles. The number of aromatic amines is 1. The summed E-state index contributed by atoms with van der Waals surface area (Å²) in [5, 5.41) is 1.06. The molecule has 5 nitrogen and oxygen atoms in total. The van der Waals surface area contributed by atoms with E-state index in [9.17, 15) is 13.6 Å². The number of morpholine rings is 1. The van der Waals surface area contributed by atoms with Crippen LogP contribution in [0.3, 0.4) is 0 Å². The summed E-state index contributed by atoms with van der Waals surface area (Å²) >= 11 is 0. The third kappa shape index (κ3) is 4.00.